The molecule has 9 atom stereocenters. The number of ketones is 1. The Morgan fingerprint density at radius 1 is 0.898 bits per heavy atom. The SMILES string of the molecule is CC.CC=C1CC[C@@]2(OP)[C@H]3Cc4ccc(P=O)c5c4[C@@]2(CCN3C)C1O5.CN1CC[C@]23c4c5ccc(P=O)c4OC2C(=O)CC[C@H]3[C@H]1C5.[HH]. The summed E-state index contributed by atoms with van der Waals surface area (Å²) >= 11 is 0. The summed E-state index contributed by atoms with van der Waals surface area (Å²) in [6.45, 7) is 8.15. The number of benzene rings is 2. The molecule has 4 aliphatic heterocycles. The molecule has 4 aliphatic carbocycles. The number of carbonyl (C=O) groups excluding carboxylic acids is 1. The van der Waals surface area contributed by atoms with Crippen LogP contribution in [0.25, 0.3) is 0 Å². The van der Waals surface area contributed by atoms with Crippen LogP contribution >= 0.6 is 26.4 Å². The van der Waals surface area contributed by atoms with E-state index >= 15 is 0 Å². The standard InChI is InChI=1S/C19H23NO3P2.C17H18NO3P.C2H6.H2/c1-3-11-6-7-19(23-24)14-10-12-4-5-13(25-21)16-15(12)18(19,17(11)22-16)8-9-20(14)2;1-18-7-6-17-10-3-4-12(19)16(17)21-15-13(22-20)5-2-9(14(15)17)8-11(10)18;1-2;/h3-5,14,17H,6-10,24H2,1-2H3;2,5,10-11,16H,3-4,6-8H2,1H3;1-2H3;1H/t14-,17?,18+,19-;10-,11+,16?,17-;;/m10../s1. The fraction of sp³-hybridized carbons (Fsp3) is 0.605. The summed E-state index contributed by atoms with van der Waals surface area (Å²) in [7, 11) is 7.01. The molecule has 0 amide bonds. The summed E-state index contributed by atoms with van der Waals surface area (Å²) in [5.41, 5.74) is 5.91. The highest BCUT2D eigenvalue weighted by atomic mass is 31.1. The number of likely N-dealkylation sites (N-methyl/N-ethyl adjacent to an activating group) is 2. The number of nitrogens with zero attached hydrogens (tertiary/aromatic N) is 2. The van der Waals surface area contributed by atoms with Crippen LogP contribution in [-0.4, -0.2) is 72.7 Å². The molecule has 4 fully saturated rings. The molecule has 2 aromatic rings. The summed E-state index contributed by atoms with van der Waals surface area (Å²) in [6, 6.07) is 8.98. The second-order valence-corrected chi connectivity index (χ2v) is 16.6. The number of likely N-dealkylation sites (tertiary alicyclic amines) is 2. The number of Topliss-reactive ketones (excluding diaryl/α,β-unsaturated/α-hetero) is 1. The zero-order valence-corrected chi connectivity index (χ0v) is 32.1. The highest BCUT2D eigenvalue weighted by Crippen LogP contribution is 2.66. The monoisotopic (exact) mass is 722 g/mol. The number of hydrogen-bond acceptors (Lipinski definition) is 8. The first-order chi connectivity index (χ1) is 23.8. The molecule has 2 aromatic carbocycles. The van der Waals surface area contributed by atoms with E-state index in [4.69, 9.17) is 14.0 Å². The van der Waals surface area contributed by atoms with Crippen molar-refractivity contribution in [2.24, 2.45) is 5.92 Å². The second-order valence-electron chi connectivity index (χ2n) is 15.0. The maximum absolute atomic E-state index is 12.6. The molecule has 8 aliphatic rings. The van der Waals surface area contributed by atoms with Crippen LogP contribution in [0.3, 0.4) is 0 Å². The molecule has 3 unspecified atom stereocenters. The second kappa shape index (κ2) is 12.3. The zero-order chi connectivity index (χ0) is 34.5. The van der Waals surface area contributed by atoms with E-state index in [-0.39, 0.29) is 52.8 Å². The molecule has 11 heteroatoms. The van der Waals surface area contributed by atoms with Crippen molar-refractivity contribution in [3.05, 3.63) is 58.2 Å². The van der Waals surface area contributed by atoms with Gasteiger partial charge in [0.25, 0.3) is 0 Å². The first-order valence-electron chi connectivity index (χ1n) is 18.1. The van der Waals surface area contributed by atoms with Crippen molar-refractivity contribution >= 4 is 42.8 Å². The van der Waals surface area contributed by atoms with E-state index in [2.05, 4.69) is 58.5 Å². The van der Waals surface area contributed by atoms with Crippen molar-refractivity contribution in [3.8, 4) is 11.5 Å². The van der Waals surface area contributed by atoms with E-state index in [9.17, 15) is 13.9 Å². The topological polar surface area (TPSA) is 85.4 Å². The first-order valence-corrected chi connectivity index (χ1v) is 20.2. The number of hydrogen-bond donors (Lipinski definition) is 0. The highest BCUT2D eigenvalue weighted by molar-refractivity contribution is 7.34. The summed E-state index contributed by atoms with van der Waals surface area (Å²) in [5, 5.41) is 1.47. The summed E-state index contributed by atoms with van der Waals surface area (Å²) in [4.78, 5) is 17.5. The van der Waals surface area contributed by atoms with Gasteiger partial charge in [-0.2, -0.15) is 0 Å². The molecule has 2 saturated heterocycles. The van der Waals surface area contributed by atoms with E-state index in [0.717, 1.165) is 74.8 Å². The Balaban J connectivity index is 0.000000148. The molecular formula is C38H49N2O6P3. The minimum absolute atomic E-state index is 0. The van der Waals surface area contributed by atoms with Gasteiger partial charge in [0.15, 0.2) is 28.8 Å². The summed E-state index contributed by atoms with van der Waals surface area (Å²) in [5.74, 6) is 2.33. The van der Waals surface area contributed by atoms with Crippen LogP contribution in [0, 0.1) is 5.92 Å². The summed E-state index contributed by atoms with van der Waals surface area (Å²) < 4.78 is 42.4. The Hall–Kier alpha value is -2.04. The number of rotatable bonds is 3. The molecule has 0 aromatic heterocycles. The third-order valence-electron chi connectivity index (χ3n) is 13.7. The van der Waals surface area contributed by atoms with Crippen molar-refractivity contribution in [3.63, 3.8) is 0 Å². The van der Waals surface area contributed by atoms with Gasteiger partial charge in [0, 0.05) is 45.9 Å². The average molecular weight is 723 g/mol. The molecule has 2 saturated carbocycles. The number of piperidine rings is 2. The van der Waals surface area contributed by atoms with E-state index in [0.29, 0.717) is 29.7 Å². The minimum Gasteiger partial charge on any atom is -0.484 e. The van der Waals surface area contributed by atoms with Crippen LogP contribution in [0.4, 0.5) is 0 Å². The van der Waals surface area contributed by atoms with Gasteiger partial charge in [0.1, 0.15) is 23.2 Å². The van der Waals surface area contributed by atoms with Gasteiger partial charge >= 0.3 is 0 Å². The number of ether oxygens (including phenoxy) is 2. The van der Waals surface area contributed by atoms with Crippen LogP contribution in [0.1, 0.15) is 83.0 Å². The Kier molecular flexibility index (Phi) is 8.54. The van der Waals surface area contributed by atoms with Gasteiger partial charge < -0.3 is 23.8 Å². The van der Waals surface area contributed by atoms with Gasteiger partial charge in [-0.15, -0.1) is 0 Å². The van der Waals surface area contributed by atoms with Gasteiger partial charge in [0.2, 0.25) is 0 Å². The van der Waals surface area contributed by atoms with Crippen LogP contribution in [0.5, 0.6) is 11.5 Å². The van der Waals surface area contributed by atoms with Gasteiger partial charge in [0.05, 0.1) is 16.0 Å². The number of carbonyl (C=O) groups is 1. The van der Waals surface area contributed by atoms with Crippen molar-refractivity contribution < 1.29 is 29.3 Å². The fourth-order valence-corrected chi connectivity index (χ4v) is 13.0. The lowest BCUT2D eigenvalue weighted by Gasteiger charge is -2.64. The molecule has 4 bridgehead atoms. The maximum atomic E-state index is 12.6. The lowest BCUT2D eigenvalue weighted by molar-refractivity contribution is -0.145. The van der Waals surface area contributed by atoms with Gasteiger partial charge in [-0.1, -0.05) is 32.1 Å². The largest absolute Gasteiger partial charge is 0.484 e. The molecule has 2 spiro atoms. The Labute approximate surface area is 296 Å². The van der Waals surface area contributed by atoms with Crippen molar-refractivity contribution in [1.29, 1.82) is 0 Å². The van der Waals surface area contributed by atoms with Gasteiger partial charge in [-0.25, -0.2) is 0 Å². The zero-order valence-electron chi connectivity index (χ0n) is 29.2. The predicted octanol–water partition coefficient (Wildman–Crippen LogP) is 6.26. The molecule has 10 rings (SSSR count). The summed E-state index contributed by atoms with van der Waals surface area (Å²) in [6.07, 6.45) is 9.42. The van der Waals surface area contributed by atoms with Crippen LogP contribution in [-0.2, 0) is 42.1 Å². The lowest BCUT2D eigenvalue weighted by Crippen LogP contribution is -2.75. The van der Waals surface area contributed by atoms with Gasteiger partial charge in [-0.05, 0) is 114 Å². The average Bonchev–Trinajstić information content (AvgIpc) is 3.67. The van der Waals surface area contributed by atoms with E-state index in [1.807, 2.05) is 26.0 Å². The van der Waals surface area contributed by atoms with Crippen molar-refractivity contribution in [2.75, 3.05) is 27.2 Å². The van der Waals surface area contributed by atoms with Crippen LogP contribution < -0.4 is 20.1 Å². The quantitative estimate of drug-likeness (QED) is 0.271. The van der Waals surface area contributed by atoms with Crippen LogP contribution in [0.2, 0.25) is 0 Å². The van der Waals surface area contributed by atoms with E-state index < -0.39 is 0 Å². The maximum Gasteiger partial charge on any atom is 0.196 e. The van der Waals surface area contributed by atoms with Crippen molar-refractivity contribution in [2.45, 2.75) is 113 Å². The lowest BCUT2D eigenvalue weighted by atomic mass is 9.48. The number of allylic oxidation sites excluding steroid dienone is 1. The van der Waals surface area contributed by atoms with Crippen molar-refractivity contribution in [1.82, 2.24) is 9.80 Å². The fourth-order valence-electron chi connectivity index (χ4n) is 11.8. The Morgan fingerprint density at radius 3 is 2.22 bits per heavy atom. The predicted molar refractivity (Wildman–Crippen MR) is 197 cm³/mol. The molecule has 8 nitrogen and oxygen atoms in total. The third kappa shape index (κ3) is 4.23. The Morgan fingerprint density at radius 2 is 1.55 bits per heavy atom. The third-order valence-corrected chi connectivity index (χ3v) is 15.3. The minimum atomic E-state index is -0.348. The smallest absolute Gasteiger partial charge is 0.196 e. The molecular weight excluding hydrogens is 673 g/mol. The van der Waals surface area contributed by atoms with E-state index in [1.54, 1.807) is 0 Å². The van der Waals surface area contributed by atoms with Gasteiger partial charge in [-0.3, -0.25) is 13.9 Å². The first kappa shape index (κ1) is 34.1. The van der Waals surface area contributed by atoms with E-state index in [1.165, 1.54) is 27.8 Å². The molecule has 0 radical (unpaired) electrons. The molecule has 262 valence electrons. The molecule has 49 heavy (non-hydrogen) atoms. The van der Waals surface area contributed by atoms with Crippen LogP contribution in [0.15, 0.2) is 35.9 Å². The Bertz CT molecular complexity index is 1790. The molecule has 4 heterocycles. The highest BCUT2D eigenvalue weighted by Gasteiger charge is 2.72. The normalized spacial score (nSPS) is 38.0. The molecule has 0 N–H and O–H groups in total.